The van der Waals surface area contributed by atoms with Gasteiger partial charge in [-0.2, -0.15) is 0 Å². The van der Waals surface area contributed by atoms with Gasteiger partial charge in [0.05, 0.1) is 11.3 Å². The summed E-state index contributed by atoms with van der Waals surface area (Å²) in [6, 6.07) is 6.44. The summed E-state index contributed by atoms with van der Waals surface area (Å²) in [5, 5.41) is 16.5. The Morgan fingerprint density at radius 1 is 1.42 bits per heavy atom. The Kier molecular flexibility index (Phi) is 7.71. The number of nitro benzene ring substituents is 1. The maximum atomic E-state index is 11.6. The van der Waals surface area contributed by atoms with Gasteiger partial charge in [0, 0.05) is 24.2 Å². The fourth-order valence-corrected chi connectivity index (χ4v) is 1.44. The second-order valence-electron chi connectivity index (χ2n) is 4.06. The largest absolute Gasteiger partial charge is 0.354 e. The Morgan fingerprint density at radius 3 is 2.63 bits per heavy atom. The van der Waals surface area contributed by atoms with Crippen LogP contribution in [-0.2, 0) is 11.2 Å². The average molecular weight is 288 g/mol. The van der Waals surface area contributed by atoms with E-state index in [-0.39, 0.29) is 36.5 Å². The van der Waals surface area contributed by atoms with Crippen LogP contribution >= 0.6 is 12.4 Å². The van der Waals surface area contributed by atoms with Crippen molar-refractivity contribution in [3.63, 3.8) is 0 Å². The summed E-state index contributed by atoms with van der Waals surface area (Å²) >= 11 is 0. The quantitative estimate of drug-likeness (QED) is 0.610. The molecule has 0 aliphatic carbocycles. The monoisotopic (exact) mass is 287 g/mol. The molecule has 0 saturated heterocycles. The van der Waals surface area contributed by atoms with Crippen molar-refractivity contribution >= 4 is 24.0 Å². The third-order valence-electron chi connectivity index (χ3n) is 2.64. The van der Waals surface area contributed by atoms with E-state index in [9.17, 15) is 14.9 Å². The van der Waals surface area contributed by atoms with E-state index in [1.165, 1.54) is 6.07 Å². The molecule has 1 rings (SSSR count). The molecule has 106 valence electrons. The Bertz CT molecular complexity index is 440. The van der Waals surface area contributed by atoms with Crippen molar-refractivity contribution in [1.82, 2.24) is 10.6 Å². The standard InChI is InChI=1S/C12H17N3O3.ClH/c1-9(13-2)8-14-12(16)7-10-5-3-4-6-11(10)15(17)18;/h3-6,9,13H,7-8H2,1-2H3,(H,14,16);1H. The number of hydrogen-bond donors (Lipinski definition) is 2. The van der Waals surface area contributed by atoms with Gasteiger partial charge < -0.3 is 10.6 Å². The number of nitro groups is 1. The molecule has 1 aromatic rings. The molecule has 1 amide bonds. The van der Waals surface area contributed by atoms with E-state index in [1.807, 2.05) is 6.92 Å². The van der Waals surface area contributed by atoms with Gasteiger partial charge in [0.2, 0.25) is 5.91 Å². The molecule has 0 spiro atoms. The van der Waals surface area contributed by atoms with Gasteiger partial charge >= 0.3 is 0 Å². The summed E-state index contributed by atoms with van der Waals surface area (Å²) in [5.41, 5.74) is 0.409. The highest BCUT2D eigenvalue weighted by atomic mass is 35.5. The van der Waals surface area contributed by atoms with Gasteiger partial charge in [-0.25, -0.2) is 0 Å². The molecule has 0 saturated carbocycles. The SMILES string of the molecule is CNC(C)CNC(=O)Cc1ccccc1[N+](=O)[O-].Cl. The van der Waals surface area contributed by atoms with Crippen LogP contribution in [0.15, 0.2) is 24.3 Å². The maximum absolute atomic E-state index is 11.6. The minimum atomic E-state index is -0.473. The van der Waals surface area contributed by atoms with Crippen LogP contribution in [-0.4, -0.2) is 30.5 Å². The Labute approximate surface area is 118 Å². The summed E-state index contributed by atoms with van der Waals surface area (Å²) < 4.78 is 0. The van der Waals surface area contributed by atoms with Crippen LogP contribution < -0.4 is 10.6 Å². The lowest BCUT2D eigenvalue weighted by molar-refractivity contribution is -0.385. The van der Waals surface area contributed by atoms with E-state index in [0.29, 0.717) is 12.1 Å². The zero-order valence-electron chi connectivity index (χ0n) is 10.9. The molecule has 19 heavy (non-hydrogen) atoms. The van der Waals surface area contributed by atoms with E-state index in [0.717, 1.165) is 0 Å². The summed E-state index contributed by atoms with van der Waals surface area (Å²) in [5.74, 6) is -0.216. The summed E-state index contributed by atoms with van der Waals surface area (Å²) in [7, 11) is 1.80. The van der Waals surface area contributed by atoms with Gasteiger partial charge in [-0.05, 0) is 14.0 Å². The molecule has 1 unspecified atom stereocenters. The van der Waals surface area contributed by atoms with Crippen molar-refractivity contribution in [2.24, 2.45) is 0 Å². The minimum Gasteiger partial charge on any atom is -0.354 e. The number of nitrogens with zero attached hydrogens (tertiary/aromatic N) is 1. The second-order valence-corrected chi connectivity index (χ2v) is 4.06. The van der Waals surface area contributed by atoms with Crippen molar-refractivity contribution < 1.29 is 9.72 Å². The van der Waals surface area contributed by atoms with Gasteiger partial charge in [-0.15, -0.1) is 12.4 Å². The number of rotatable bonds is 6. The number of halogens is 1. The van der Waals surface area contributed by atoms with Crippen molar-refractivity contribution in [3.05, 3.63) is 39.9 Å². The minimum absolute atomic E-state index is 0. The highest BCUT2D eigenvalue weighted by Gasteiger charge is 2.15. The average Bonchev–Trinajstić information content (AvgIpc) is 2.36. The predicted molar refractivity (Wildman–Crippen MR) is 75.6 cm³/mol. The number of hydrogen-bond acceptors (Lipinski definition) is 4. The second kappa shape index (κ2) is 8.44. The van der Waals surface area contributed by atoms with Crippen molar-refractivity contribution in [1.29, 1.82) is 0 Å². The van der Waals surface area contributed by atoms with Crippen LogP contribution in [0.2, 0.25) is 0 Å². The molecular weight excluding hydrogens is 270 g/mol. The van der Waals surface area contributed by atoms with Crippen LogP contribution in [0.3, 0.4) is 0 Å². The lowest BCUT2D eigenvalue weighted by Gasteiger charge is -2.11. The molecule has 1 atom stereocenters. The zero-order chi connectivity index (χ0) is 13.5. The molecule has 1 aromatic carbocycles. The normalized spacial score (nSPS) is 11.3. The van der Waals surface area contributed by atoms with Crippen LogP contribution in [0.25, 0.3) is 0 Å². The first-order valence-electron chi connectivity index (χ1n) is 5.71. The molecule has 0 radical (unpaired) electrons. The van der Waals surface area contributed by atoms with Crippen LogP contribution in [0.1, 0.15) is 12.5 Å². The van der Waals surface area contributed by atoms with E-state index in [1.54, 1.807) is 25.2 Å². The number of likely N-dealkylation sites (N-methyl/N-ethyl adjacent to an activating group) is 1. The lowest BCUT2D eigenvalue weighted by atomic mass is 10.1. The number of benzene rings is 1. The summed E-state index contributed by atoms with van der Waals surface area (Å²) in [6.45, 7) is 2.43. The van der Waals surface area contributed by atoms with Crippen LogP contribution in [0.5, 0.6) is 0 Å². The molecule has 2 N–H and O–H groups in total. The van der Waals surface area contributed by atoms with Crippen LogP contribution in [0, 0.1) is 10.1 Å². The molecular formula is C12H18ClN3O3. The molecule has 7 heteroatoms. The van der Waals surface area contributed by atoms with Crippen molar-refractivity contribution in [2.45, 2.75) is 19.4 Å². The molecule has 0 heterocycles. The van der Waals surface area contributed by atoms with Gasteiger partial charge in [-0.3, -0.25) is 14.9 Å². The molecule has 0 fully saturated rings. The van der Waals surface area contributed by atoms with Gasteiger partial charge in [-0.1, -0.05) is 18.2 Å². The van der Waals surface area contributed by atoms with Gasteiger partial charge in [0.1, 0.15) is 0 Å². The summed E-state index contributed by atoms with van der Waals surface area (Å²) in [6.07, 6.45) is 0.0214. The molecule has 6 nitrogen and oxygen atoms in total. The number of carbonyl (C=O) groups is 1. The molecule has 0 aromatic heterocycles. The predicted octanol–water partition coefficient (Wildman–Crippen LogP) is 1.28. The number of nitrogens with one attached hydrogen (secondary N) is 2. The number of amides is 1. The maximum Gasteiger partial charge on any atom is 0.273 e. The third-order valence-corrected chi connectivity index (χ3v) is 2.64. The first-order chi connectivity index (χ1) is 8.54. The highest BCUT2D eigenvalue weighted by Crippen LogP contribution is 2.17. The smallest absolute Gasteiger partial charge is 0.273 e. The van der Waals surface area contributed by atoms with Gasteiger partial charge in [0.15, 0.2) is 0 Å². The fraction of sp³-hybridized carbons (Fsp3) is 0.417. The highest BCUT2D eigenvalue weighted by molar-refractivity contribution is 5.85. The first-order valence-corrected chi connectivity index (χ1v) is 5.71. The van der Waals surface area contributed by atoms with E-state index >= 15 is 0 Å². The fourth-order valence-electron chi connectivity index (χ4n) is 1.44. The zero-order valence-corrected chi connectivity index (χ0v) is 11.7. The first kappa shape index (κ1) is 17.3. The Hall–Kier alpha value is -1.66. The topological polar surface area (TPSA) is 84.3 Å². The summed E-state index contributed by atoms with van der Waals surface area (Å²) in [4.78, 5) is 22.0. The van der Waals surface area contributed by atoms with Crippen molar-refractivity contribution in [2.75, 3.05) is 13.6 Å². The third kappa shape index (κ3) is 5.67. The van der Waals surface area contributed by atoms with E-state index in [4.69, 9.17) is 0 Å². The van der Waals surface area contributed by atoms with E-state index < -0.39 is 4.92 Å². The number of para-hydroxylation sites is 1. The van der Waals surface area contributed by atoms with Crippen LogP contribution in [0.4, 0.5) is 5.69 Å². The Balaban J connectivity index is 0.00000324. The number of carbonyl (C=O) groups excluding carboxylic acids is 1. The molecule has 0 aliphatic rings. The molecule has 0 aliphatic heterocycles. The van der Waals surface area contributed by atoms with E-state index in [2.05, 4.69) is 10.6 Å². The molecule has 0 bridgehead atoms. The van der Waals surface area contributed by atoms with Gasteiger partial charge in [0.25, 0.3) is 5.69 Å². The van der Waals surface area contributed by atoms with Crippen molar-refractivity contribution in [3.8, 4) is 0 Å². The lowest BCUT2D eigenvalue weighted by Crippen LogP contribution is -2.37. The Morgan fingerprint density at radius 2 is 2.05 bits per heavy atom.